The fraction of sp³-hybridized carbons (Fsp3) is 0.438. The predicted molar refractivity (Wildman–Crippen MR) is 96.6 cm³/mol. The Morgan fingerprint density at radius 3 is 2.70 bits per heavy atom. The number of rotatable bonds is 4. The fourth-order valence-electron chi connectivity index (χ4n) is 2.83. The number of hydrogen-bond donors (Lipinski definition) is 1. The quantitative estimate of drug-likeness (QED) is 0.917. The van der Waals surface area contributed by atoms with Gasteiger partial charge in [-0.1, -0.05) is 19.1 Å². The predicted octanol–water partition coefficient (Wildman–Crippen LogP) is 3.42. The van der Waals surface area contributed by atoms with Crippen LogP contribution >= 0.6 is 11.3 Å². The van der Waals surface area contributed by atoms with Crippen molar-refractivity contribution in [3.8, 4) is 11.3 Å². The number of nitrogens with zero attached hydrogens (tertiary/aromatic N) is 2. The van der Waals surface area contributed by atoms with Gasteiger partial charge in [-0.2, -0.15) is 0 Å². The van der Waals surface area contributed by atoms with E-state index < -0.39 is 10.0 Å². The van der Waals surface area contributed by atoms with Crippen LogP contribution in [0.4, 0.5) is 10.8 Å². The maximum atomic E-state index is 11.2. The SMILES string of the molecule is CC1CCCN(c2nc(-c3ccc(NS(C)(=O)=O)cc3)cs2)C1. The minimum Gasteiger partial charge on any atom is -0.348 e. The summed E-state index contributed by atoms with van der Waals surface area (Å²) in [6.45, 7) is 4.44. The van der Waals surface area contributed by atoms with Gasteiger partial charge in [0.1, 0.15) is 0 Å². The number of anilines is 2. The number of nitrogens with one attached hydrogen (secondary N) is 1. The molecule has 0 amide bonds. The summed E-state index contributed by atoms with van der Waals surface area (Å²) >= 11 is 1.67. The number of sulfonamides is 1. The first kappa shape index (κ1) is 16.3. The van der Waals surface area contributed by atoms with Crippen LogP contribution in [0.15, 0.2) is 29.6 Å². The molecule has 1 unspecified atom stereocenters. The molecule has 5 nitrogen and oxygen atoms in total. The van der Waals surface area contributed by atoms with E-state index in [4.69, 9.17) is 4.98 Å². The molecule has 1 fully saturated rings. The van der Waals surface area contributed by atoms with Gasteiger partial charge in [0, 0.05) is 29.7 Å². The highest BCUT2D eigenvalue weighted by atomic mass is 32.2. The van der Waals surface area contributed by atoms with Crippen LogP contribution in [0.1, 0.15) is 19.8 Å². The van der Waals surface area contributed by atoms with Crippen molar-refractivity contribution in [2.24, 2.45) is 5.92 Å². The van der Waals surface area contributed by atoms with E-state index in [2.05, 4.69) is 21.9 Å². The lowest BCUT2D eigenvalue weighted by atomic mass is 10.0. The van der Waals surface area contributed by atoms with Crippen LogP contribution in [-0.2, 0) is 10.0 Å². The summed E-state index contributed by atoms with van der Waals surface area (Å²) in [5.41, 5.74) is 2.50. The van der Waals surface area contributed by atoms with E-state index in [1.54, 1.807) is 23.5 Å². The van der Waals surface area contributed by atoms with E-state index in [1.165, 1.54) is 12.8 Å². The first-order chi connectivity index (χ1) is 10.9. The molecule has 2 heterocycles. The molecule has 0 bridgehead atoms. The molecule has 0 saturated carbocycles. The highest BCUT2D eigenvalue weighted by molar-refractivity contribution is 7.92. The maximum Gasteiger partial charge on any atom is 0.229 e. The smallest absolute Gasteiger partial charge is 0.229 e. The largest absolute Gasteiger partial charge is 0.348 e. The van der Waals surface area contributed by atoms with Crippen molar-refractivity contribution in [2.45, 2.75) is 19.8 Å². The molecule has 23 heavy (non-hydrogen) atoms. The van der Waals surface area contributed by atoms with Crippen LogP contribution < -0.4 is 9.62 Å². The Kier molecular flexibility index (Phi) is 4.59. The second-order valence-electron chi connectivity index (χ2n) is 6.16. The summed E-state index contributed by atoms with van der Waals surface area (Å²) in [6.07, 6.45) is 3.67. The normalized spacial score (nSPS) is 18.9. The highest BCUT2D eigenvalue weighted by Crippen LogP contribution is 2.30. The Hall–Kier alpha value is -1.60. The molecule has 0 aliphatic carbocycles. The zero-order valence-electron chi connectivity index (χ0n) is 13.3. The molecule has 1 aliphatic rings. The Morgan fingerprint density at radius 2 is 2.04 bits per heavy atom. The van der Waals surface area contributed by atoms with Gasteiger partial charge in [0.15, 0.2) is 5.13 Å². The van der Waals surface area contributed by atoms with Crippen LogP contribution in [-0.4, -0.2) is 32.7 Å². The lowest BCUT2D eigenvalue weighted by Crippen LogP contribution is -2.34. The van der Waals surface area contributed by atoms with Crippen molar-refractivity contribution in [3.05, 3.63) is 29.6 Å². The molecule has 1 aromatic heterocycles. The monoisotopic (exact) mass is 351 g/mol. The highest BCUT2D eigenvalue weighted by Gasteiger charge is 2.19. The molecule has 1 N–H and O–H groups in total. The lowest BCUT2D eigenvalue weighted by molar-refractivity contribution is 0.446. The van der Waals surface area contributed by atoms with Crippen molar-refractivity contribution >= 4 is 32.2 Å². The summed E-state index contributed by atoms with van der Waals surface area (Å²) < 4.78 is 24.9. The summed E-state index contributed by atoms with van der Waals surface area (Å²) in [7, 11) is -3.24. The zero-order valence-corrected chi connectivity index (χ0v) is 15.0. The van der Waals surface area contributed by atoms with E-state index >= 15 is 0 Å². The van der Waals surface area contributed by atoms with E-state index in [1.807, 2.05) is 12.1 Å². The first-order valence-electron chi connectivity index (χ1n) is 7.69. The average molecular weight is 351 g/mol. The van der Waals surface area contributed by atoms with Crippen molar-refractivity contribution in [1.29, 1.82) is 0 Å². The standard InChI is InChI=1S/C16H21N3O2S2/c1-12-4-3-9-19(10-12)16-17-15(11-22-16)13-5-7-14(8-6-13)18-23(2,20)21/h5-8,11-12,18H,3-4,9-10H2,1-2H3. The second kappa shape index (κ2) is 6.49. The third-order valence-electron chi connectivity index (χ3n) is 3.90. The maximum absolute atomic E-state index is 11.2. The molecule has 0 radical (unpaired) electrons. The van der Waals surface area contributed by atoms with Gasteiger partial charge in [-0.25, -0.2) is 13.4 Å². The number of piperidine rings is 1. The second-order valence-corrected chi connectivity index (χ2v) is 8.75. The molecule has 124 valence electrons. The Balaban J connectivity index is 1.75. The lowest BCUT2D eigenvalue weighted by Gasteiger charge is -2.30. The van der Waals surface area contributed by atoms with Gasteiger partial charge >= 0.3 is 0 Å². The molecule has 1 atom stereocenters. The van der Waals surface area contributed by atoms with Crippen LogP contribution in [0.2, 0.25) is 0 Å². The fourth-order valence-corrected chi connectivity index (χ4v) is 4.26. The Morgan fingerprint density at radius 1 is 1.30 bits per heavy atom. The van der Waals surface area contributed by atoms with Gasteiger partial charge in [0.2, 0.25) is 10.0 Å². The molecular formula is C16H21N3O2S2. The van der Waals surface area contributed by atoms with Crippen molar-refractivity contribution in [1.82, 2.24) is 4.98 Å². The molecule has 7 heteroatoms. The number of hydrogen-bond acceptors (Lipinski definition) is 5. The Bertz CT molecular complexity index is 769. The van der Waals surface area contributed by atoms with E-state index in [-0.39, 0.29) is 0 Å². The summed E-state index contributed by atoms with van der Waals surface area (Å²) in [6, 6.07) is 7.31. The summed E-state index contributed by atoms with van der Waals surface area (Å²) in [5.74, 6) is 0.720. The first-order valence-corrected chi connectivity index (χ1v) is 10.5. The van der Waals surface area contributed by atoms with Crippen LogP contribution in [0.25, 0.3) is 11.3 Å². The molecule has 3 rings (SSSR count). The summed E-state index contributed by atoms with van der Waals surface area (Å²) in [4.78, 5) is 7.11. The minimum atomic E-state index is -3.24. The number of thiazole rings is 1. The minimum absolute atomic E-state index is 0.566. The molecule has 1 aliphatic heterocycles. The van der Waals surface area contributed by atoms with Gasteiger partial charge in [-0.15, -0.1) is 11.3 Å². The van der Waals surface area contributed by atoms with Crippen LogP contribution in [0, 0.1) is 5.92 Å². The van der Waals surface area contributed by atoms with E-state index in [9.17, 15) is 8.42 Å². The van der Waals surface area contributed by atoms with Gasteiger partial charge in [-0.05, 0) is 30.9 Å². The van der Waals surface area contributed by atoms with E-state index in [0.717, 1.165) is 41.7 Å². The Labute approximate surface area is 141 Å². The van der Waals surface area contributed by atoms with Gasteiger partial charge in [-0.3, -0.25) is 4.72 Å². The van der Waals surface area contributed by atoms with E-state index in [0.29, 0.717) is 5.69 Å². The third-order valence-corrected chi connectivity index (χ3v) is 5.41. The van der Waals surface area contributed by atoms with Gasteiger partial charge < -0.3 is 4.90 Å². The van der Waals surface area contributed by atoms with Crippen LogP contribution in [0.3, 0.4) is 0 Å². The summed E-state index contributed by atoms with van der Waals surface area (Å²) in [5, 5.41) is 3.14. The number of benzene rings is 1. The molecule has 0 spiro atoms. The molecule has 2 aromatic rings. The number of aromatic nitrogens is 1. The topological polar surface area (TPSA) is 62.3 Å². The van der Waals surface area contributed by atoms with Crippen molar-refractivity contribution in [2.75, 3.05) is 29.0 Å². The van der Waals surface area contributed by atoms with Gasteiger partial charge in [0.25, 0.3) is 0 Å². The third kappa shape index (κ3) is 4.23. The molecule has 1 saturated heterocycles. The molecule has 1 aromatic carbocycles. The average Bonchev–Trinajstić information content (AvgIpc) is 2.96. The van der Waals surface area contributed by atoms with Crippen LogP contribution in [0.5, 0.6) is 0 Å². The van der Waals surface area contributed by atoms with Crippen molar-refractivity contribution < 1.29 is 8.42 Å². The van der Waals surface area contributed by atoms with Crippen molar-refractivity contribution in [3.63, 3.8) is 0 Å². The molecular weight excluding hydrogens is 330 g/mol. The zero-order chi connectivity index (χ0) is 16.4. The van der Waals surface area contributed by atoms with Gasteiger partial charge in [0.05, 0.1) is 11.9 Å².